The number of nitrogens with one attached hydrogen (secondary N) is 2. The Hall–Kier alpha value is -2.34. The van der Waals surface area contributed by atoms with Gasteiger partial charge in [-0.25, -0.2) is 0 Å². The molecule has 0 saturated heterocycles. The SMILES string of the molecule is CC1Oc2ccc(NC(=O)C3(c4ccc(Br)cc4)CC3)cc2NC1=O. The molecule has 25 heavy (non-hydrogen) atoms. The summed E-state index contributed by atoms with van der Waals surface area (Å²) >= 11 is 3.42. The van der Waals surface area contributed by atoms with Gasteiger partial charge in [0.2, 0.25) is 5.91 Å². The maximum Gasteiger partial charge on any atom is 0.265 e. The van der Waals surface area contributed by atoms with Gasteiger partial charge in [0.15, 0.2) is 6.10 Å². The van der Waals surface area contributed by atoms with Crippen LogP contribution in [-0.2, 0) is 15.0 Å². The number of halogens is 1. The number of carbonyl (C=O) groups is 2. The van der Waals surface area contributed by atoms with Crippen LogP contribution in [0.15, 0.2) is 46.9 Å². The smallest absolute Gasteiger partial charge is 0.265 e. The van der Waals surface area contributed by atoms with E-state index < -0.39 is 11.5 Å². The quantitative estimate of drug-likeness (QED) is 0.822. The van der Waals surface area contributed by atoms with Crippen LogP contribution in [-0.4, -0.2) is 17.9 Å². The molecule has 0 radical (unpaired) electrons. The summed E-state index contributed by atoms with van der Waals surface area (Å²) in [5.74, 6) is 0.398. The fourth-order valence-electron chi connectivity index (χ4n) is 3.08. The summed E-state index contributed by atoms with van der Waals surface area (Å²) in [5.41, 5.74) is 1.79. The molecule has 2 N–H and O–H groups in total. The zero-order valence-electron chi connectivity index (χ0n) is 13.6. The van der Waals surface area contributed by atoms with Crippen LogP contribution in [0.1, 0.15) is 25.3 Å². The Morgan fingerprint density at radius 3 is 2.64 bits per heavy atom. The Kier molecular flexibility index (Phi) is 3.80. The number of carbonyl (C=O) groups excluding carboxylic acids is 2. The van der Waals surface area contributed by atoms with Gasteiger partial charge in [0, 0.05) is 10.2 Å². The van der Waals surface area contributed by atoms with Crippen LogP contribution < -0.4 is 15.4 Å². The number of hydrogen-bond acceptors (Lipinski definition) is 3. The Labute approximate surface area is 153 Å². The van der Waals surface area contributed by atoms with Gasteiger partial charge in [-0.15, -0.1) is 0 Å². The molecule has 4 rings (SSSR count). The van der Waals surface area contributed by atoms with E-state index >= 15 is 0 Å². The normalized spacial score (nSPS) is 20.1. The van der Waals surface area contributed by atoms with Gasteiger partial charge in [-0.05, 0) is 55.7 Å². The van der Waals surface area contributed by atoms with E-state index in [1.807, 2.05) is 24.3 Å². The number of fused-ring (bicyclic) bond motifs is 1. The minimum atomic E-state index is -0.514. The van der Waals surface area contributed by atoms with Gasteiger partial charge in [0.05, 0.1) is 11.1 Å². The number of hydrogen-bond donors (Lipinski definition) is 2. The van der Waals surface area contributed by atoms with Gasteiger partial charge in [0.25, 0.3) is 5.91 Å². The zero-order valence-corrected chi connectivity index (χ0v) is 15.2. The van der Waals surface area contributed by atoms with E-state index in [4.69, 9.17) is 4.74 Å². The van der Waals surface area contributed by atoms with Crippen molar-refractivity contribution in [1.29, 1.82) is 0 Å². The predicted molar refractivity (Wildman–Crippen MR) is 98.8 cm³/mol. The first-order valence-electron chi connectivity index (χ1n) is 8.17. The standard InChI is InChI=1S/C19H17BrN2O3/c1-11-17(23)22-15-10-14(6-7-16(15)25-11)21-18(24)19(8-9-19)12-2-4-13(20)5-3-12/h2-7,10-11H,8-9H2,1H3,(H,21,24)(H,22,23). The minimum absolute atomic E-state index is 0.0220. The fraction of sp³-hybridized carbons (Fsp3) is 0.263. The second-order valence-electron chi connectivity index (χ2n) is 6.50. The summed E-state index contributed by atoms with van der Waals surface area (Å²) < 4.78 is 6.53. The first kappa shape index (κ1) is 16.1. The number of amides is 2. The maximum absolute atomic E-state index is 12.8. The lowest BCUT2D eigenvalue weighted by Gasteiger charge is -2.24. The lowest BCUT2D eigenvalue weighted by atomic mass is 9.95. The molecule has 0 bridgehead atoms. The van der Waals surface area contributed by atoms with Crippen molar-refractivity contribution < 1.29 is 14.3 Å². The van der Waals surface area contributed by atoms with E-state index in [0.717, 1.165) is 22.9 Å². The van der Waals surface area contributed by atoms with Gasteiger partial charge < -0.3 is 15.4 Å². The second-order valence-corrected chi connectivity index (χ2v) is 7.42. The van der Waals surface area contributed by atoms with E-state index in [0.29, 0.717) is 17.1 Å². The molecule has 2 amide bonds. The van der Waals surface area contributed by atoms with Crippen molar-refractivity contribution in [3.8, 4) is 5.75 Å². The predicted octanol–water partition coefficient (Wildman–Crippen LogP) is 3.84. The average molecular weight is 401 g/mol. The fourth-order valence-corrected chi connectivity index (χ4v) is 3.34. The van der Waals surface area contributed by atoms with Crippen molar-refractivity contribution in [3.63, 3.8) is 0 Å². The summed E-state index contributed by atoms with van der Waals surface area (Å²) in [6.45, 7) is 1.70. The molecular formula is C19H17BrN2O3. The summed E-state index contributed by atoms with van der Waals surface area (Å²) in [6, 6.07) is 13.2. The molecule has 1 saturated carbocycles. The average Bonchev–Trinajstić information content (AvgIpc) is 3.39. The molecule has 2 aromatic carbocycles. The zero-order chi connectivity index (χ0) is 17.6. The Balaban J connectivity index is 1.54. The van der Waals surface area contributed by atoms with Crippen molar-refractivity contribution >= 4 is 39.1 Å². The van der Waals surface area contributed by atoms with Crippen molar-refractivity contribution in [1.82, 2.24) is 0 Å². The van der Waals surface area contributed by atoms with E-state index in [-0.39, 0.29) is 11.8 Å². The van der Waals surface area contributed by atoms with E-state index in [1.165, 1.54) is 0 Å². The van der Waals surface area contributed by atoms with Gasteiger partial charge in [0.1, 0.15) is 5.75 Å². The van der Waals surface area contributed by atoms with E-state index in [9.17, 15) is 9.59 Å². The molecule has 1 fully saturated rings. The van der Waals surface area contributed by atoms with Crippen LogP contribution in [0, 0.1) is 0 Å². The molecule has 1 atom stereocenters. The van der Waals surface area contributed by atoms with Crippen LogP contribution in [0.2, 0.25) is 0 Å². The number of rotatable bonds is 3. The molecule has 6 heteroatoms. The third-order valence-electron chi connectivity index (χ3n) is 4.75. The Bertz CT molecular complexity index is 859. The lowest BCUT2D eigenvalue weighted by molar-refractivity contribution is -0.122. The van der Waals surface area contributed by atoms with Gasteiger partial charge in [-0.3, -0.25) is 9.59 Å². The largest absolute Gasteiger partial charge is 0.479 e. The monoisotopic (exact) mass is 400 g/mol. The van der Waals surface area contributed by atoms with E-state index in [2.05, 4.69) is 26.6 Å². The highest BCUT2D eigenvalue weighted by atomic mass is 79.9. The van der Waals surface area contributed by atoms with Gasteiger partial charge >= 0.3 is 0 Å². The molecular weight excluding hydrogens is 384 g/mol. The summed E-state index contributed by atoms with van der Waals surface area (Å²) in [6.07, 6.45) is 1.16. The lowest BCUT2D eigenvalue weighted by Crippen LogP contribution is -2.34. The Morgan fingerprint density at radius 1 is 1.24 bits per heavy atom. The van der Waals surface area contributed by atoms with E-state index in [1.54, 1.807) is 25.1 Å². The summed E-state index contributed by atoms with van der Waals surface area (Å²) in [7, 11) is 0. The summed E-state index contributed by atoms with van der Waals surface area (Å²) in [4.78, 5) is 24.6. The number of ether oxygens (including phenoxy) is 1. The van der Waals surface area contributed by atoms with Crippen LogP contribution in [0.3, 0.4) is 0 Å². The number of benzene rings is 2. The maximum atomic E-state index is 12.8. The molecule has 128 valence electrons. The third kappa shape index (κ3) is 2.91. The van der Waals surface area contributed by atoms with Gasteiger partial charge in [-0.1, -0.05) is 28.1 Å². The molecule has 0 aromatic heterocycles. The first-order valence-corrected chi connectivity index (χ1v) is 8.96. The van der Waals surface area contributed by atoms with Gasteiger partial charge in [-0.2, -0.15) is 0 Å². The number of anilines is 2. The topological polar surface area (TPSA) is 67.4 Å². The second kappa shape index (κ2) is 5.88. The molecule has 1 aliphatic carbocycles. The Morgan fingerprint density at radius 2 is 1.96 bits per heavy atom. The van der Waals surface area contributed by atoms with Crippen LogP contribution in [0.5, 0.6) is 5.75 Å². The highest BCUT2D eigenvalue weighted by molar-refractivity contribution is 9.10. The summed E-state index contributed by atoms with van der Waals surface area (Å²) in [5, 5.41) is 5.77. The molecule has 1 heterocycles. The third-order valence-corrected chi connectivity index (χ3v) is 5.28. The molecule has 1 aliphatic heterocycles. The van der Waals surface area contributed by atoms with Crippen molar-refractivity contribution in [2.24, 2.45) is 0 Å². The van der Waals surface area contributed by atoms with Crippen LogP contribution >= 0.6 is 15.9 Å². The minimum Gasteiger partial charge on any atom is -0.479 e. The first-order chi connectivity index (χ1) is 12.0. The van der Waals surface area contributed by atoms with Crippen LogP contribution in [0.25, 0.3) is 0 Å². The highest BCUT2D eigenvalue weighted by Crippen LogP contribution is 2.49. The van der Waals surface area contributed by atoms with Crippen molar-refractivity contribution in [3.05, 3.63) is 52.5 Å². The molecule has 2 aromatic rings. The molecule has 1 unspecified atom stereocenters. The highest BCUT2D eigenvalue weighted by Gasteiger charge is 2.51. The van der Waals surface area contributed by atoms with Crippen molar-refractivity contribution in [2.75, 3.05) is 10.6 Å². The van der Waals surface area contributed by atoms with Crippen LogP contribution in [0.4, 0.5) is 11.4 Å². The molecule has 2 aliphatic rings. The molecule has 5 nitrogen and oxygen atoms in total. The molecule has 0 spiro atoms. The van der Waals surface area contributed by atoms with Crippen molar-refractivity contribution in [2.45, 2.75) is 31.3 Å².